The zero-order chi connectivity index (χ0) is 32.7. The summed E-state index contributed by atoms with van der Waals surface area (Å²) in [6, 6.07) is 56.6. The Labute approximate surface area is 284 Å². The van der Waals surface area contributed by atoms with Crippen molar-refractivity contribution in [2.75, 3.05) is 4.90 Å². The van der Waals surface area contributed by atoms with E-state index in [1.807, 2.05) is 30.3 Å². The van der Waals surface area contributed by atoms with E-state index in [9.17, 15) is 0 Å². The van der Waals surface area contributed by atoms with Gasteiger partial charge in [0.2, 0.25) is 5.89 Å². The molecule has 0 spiro atoms. The second kappa shape index (κ2) is 10.4. The summed E-state index contributed by atoms with van der Waals surface area (Å²) in [6.45, 7) is 4.70. The summed E-state index contributed by atoms with van der Waals surface area (Å²) in [5.74, 6) is 0.635. The average molecular weight is 629 g/mol. The van der Waals surface area contributed by atoms with E-state index in [1.165, 1.54) is 33.0 Å². The van der Waals surface area contributed by atoms with E-state index in [0.29, 0.717) is 5.89 Å². The fraction of sp³-hybridized carbons (Fsp3) is 0.0652. The molecular weight excluding hydrogens is 597 g/mol. The summed E-state index contributed by atoms with van der Waals surface area (Å²) in [4.78, 5) is 7.27. The first-order valence-corrected chi connectivity index (χ1v) is 16.9. The maximum absolute atomic E-state index is 6.55. The topological polar surface area (TPSA) is 29.3 Å². The highest BCUT2D eigenvalue weighted by Crippen LogP contribution is 2.52. The molecule has 0 atom stereocenters. The van der Waals surface area contributed by atoms with Crippen LogP contribution in [0.25, 0.3) is 66.0 Å². The van der Waals surface area contributed by atoms with Gasteiger partial charge < -0.3 is 9.32 Å². The SMILES string of the molecule is CC1(C)c2ccc(N(c3ccccc3)c3ccc4ccc5ccc6nc(-c7ccccc7)oc6c5c4c3)cc2-c2cc3ccccc3cc21. The molecule has 0 fully saturated rings. The fourth-order valence-corrected chi connectivity index (χ4v) is 7.94. The lowest BCUT2D eigenvalue weighted by Gasteiger charge is -2.27. The highest BCUT2D eigenvalue weighted by atomic mass is 16.3. The molecule has 1 aliphatic rings. The molecule has 10 rings (SSSR count). The first kappa shape index (κ1) is 27.9. The van der Waals surface area contributed by atoms with Crippen molar-refractivity contribution in [3.8, 4) is 22.6 Å². The molecule has 8 aromatic carbocycles. The second-order valence-corrected chi connectivity index (χ2v) is 13.6. The van der Waals surface area contributed by atoms with Crippen molar-refractivity contribution in [2.45, 2.75) is 19.3 Å². The van der Waals surface area contributed by atoms with Crippen LogP contribution in [0.1, 0.15) is 25.0 Å². The molecule has 1 heterocycles. The molecule has 1 aliphatic carbocycles. The van der Waals surface area contributed by atoms with Crippen LogP contribution in [0, 0.1) is 0 Å². The van der Waals surface area contributed by atoms with Crippen molar-refractivity contribution in [3.63, 3.8) is 0 Å². The van der Waals surface area contributed by atoms with Crippen molar-refractivity contribution in [3.05, 3.63) is 169 Å². The van der Waals surface area contributed by atoms with Crippen LogP contribution < -0.4 is 4.90 Å². The summed E-state index contributed by atoms with van der Waals surface area (Å²) in [6.07, 6.45) is 0. The van der Waals surface area contributed by atoms with E-state index in [-0.39, 0.29) is 5.41 Å². The normalized spacial score (nSPS) is 13.3. The van der Waals surface area contributed by atoms with E-state index in [4.69, 9.17) is 9.40 Å². The summed E-state index contributed by atoms with van der Waals surface area (Å²) in [5.41, 5.74) is 11.2. The van der Waals surface area contributed by atoms with Crippen LogP contribution in [0.3, 0.4) is 0 Å². The zero-order valence-corrected chi connectivity index (χ0v) is 27.3. The number of fused-ring (bicyclic) bond motifs is 9. The van der Waals surface area contributed by atoms with E-state index >= 15 is 0 Å². The minimum Gasteiger partial charge on any atom is -0.435 e. The van der Waals surface area contributed by atoms with Crippen molar-refractivity contribution in [1.29, 1.82) is 0 Å². The molecular formula is C46H32N2O. The van der Waals surface area contributed by atoms with Crippen molar-refractivity contribution in [2.24, 2.45) is 0 Å². The third kappa shape index (κ3) is 4.25. The Hall–Kier alpha value is -6.19. The van der Waals surface area contributed by atoms with Gasteiger partial charge in [-0.1, -0.05) is 105 Å². The van der Waals surface area contributed by atoms with Crippen molar-refractivity contribution in [1.82, 2.24) is 4.98 Å². The maximum atomic E-state index is 6.55. The molecule has 49 heavy (non-hydrogen) atoms. The standard InChI is InChI=1S/C46H32N2O/c1-46(2)40-23-22-36(28-39(40)38-25-32-13-9-10-14-33(32)26-41(38)46)48(34-15-7-4-8-16-34)35-21-19-29-17-18-30-20-24-42-44(43(30)37(29)27-35)49-45(47-42)31-11-5-3-6-12-31/h3-28H,1-2H3. The number of para-hydroxylation sites is 1. The van der Waals surface area contributed by atoms with Gasteiger partial charge in [-0.3, -0.25) is 0 Å². The van der Waals surface area contributed by atoms with Gasteiger partial charge in [0.15, 0.2) is 5.58 Å². The first-order valence-electron chi connectivity index (χ1n) is 16.9. The molecule has 0 saturated carbocycles. The van der Waals surface area contributed by atoms with Crippen LogP contribution in [-0.2, 0) is 5.41 Å². The van der Waals surface area contributed by atoms with E-state index in [2.05, 4.69) is 146 Å². The lowest BCUT2D eigenvalue weighted by Crippen LogP contribution is -2.15. The molecule has 0 saturated heterocycles. The number of hydrogen-bond acceptors (Lipinski definition) is 3. The van der Waals surface area contributed by atoms with Crippen LogP contribution in [0.15, 0.2) is 162 Å². The summed E-state index contributed by atoms with van der Waals surface area (Å²) >= 11 is 0. The monoisotopic (exact) mass is 628 g/mol. The number of benzene rings is 8. The third-order valence-corrected chi connectivity index (χ3v) is 10.4. The minimum absolute atomic E-state index is 0.0896. The molecule has 0 aliphatic heterocycles. The number of nitrogens with zero attached hydrogens (tertiary/aromatic N) is 2. The molecule has 1 aromatic heterocycles. The van der Waals surface area contributed by atoms with E-state index in [0.717, 1.165) is 55.3 Å². The minimum atomic E-state index is -0.0896. The maximum Gasteiger partial charge on any atom is 0.227 e. The zero-order valence-electron chi connectivity index (χ0n) is 27.3. The number of rotatable bonds is 4. The highest BCUT2D eigenvalue weighted by Gasteiger charge is 2.36. The Balaban J connectivity index is 1.19. The van der Waals surface area contributed by atoms with Crippen LogP contribution in [0.2, 0.25) is 0 Å². The van der Waals surface area contributed by atoms with Gasteiger partial charge in [-0.15, -0.1) is 0 Å². The first-order chi connectivity index (χ1) is 24.0. The smallest absolute Gasteiger partial charge is 0.227 e. The lowest BCUT2D eigenvalue weighted by atomic mass is 9.82. The quantitative estimate of drug-likeness (QED) is 0.182. The summed E-state index contributed by atoms with van der Waals surface area (Å²) in [7, 11) is 0. The van der Waals surface area contributed by atoms with E-state index in [1.54, 1.807) is 0 Å². The lowest BCUT2D eigenvalue weighted by molar-refractivity contribution is 0.623. The molecule has 3 nitrogen and oxygen atoms in total. The van der Waals surface area contributed by atoms with Gasteiger partial charge in [-0.2, -0.15) is 0 Å². The molecule has 3 heteroatoms. The second-order valence-electron chi connectivity index (χ2n) is 13.6. The number of hydrogen-bond donors (Lipinski definition) is 0. The van der Waals surface area contributed by atoms with Gasteiger partial charge >= 0.3 is 0 Å². The van der Waals surface area contributed by atoms with Crippen molar-refractivity contribution >= 4 is 60.5 Å². The molecule has 232 valence electrons. The van der Waals surface area contributed by atoms with Crippen LogP contribution in [-0.4, -0.2) is 4.98 Å². The van der Waals surface area contributed by atoms with Gasteiger partial charge in [0.25, 0.3) is 0 Å². The molecule has 9 aromatic rings. The van der Waals surface area contributed by atoms with Gasteiger partial charge in [0, 0.05) is 33.4 Å². The molecule has 0 N–H and O–H groups in total. The van der Waals surface area contributed by atoms with E-state index < -0.39 is 0 Å². The van der Waals surface area contributed by atoms with Gasteiger partial charge in [0.1, 0.15) is 5.52 Å². The molecule has 0 amide bonds. The Bertz CT molecular complexity index is 2740. The largest absolute Gasteiger partial charge is 0.435 e. The Morgan fingerprint density at radius 2 is 1.14 bits per heavy atom. The number of anilines is 3. The molecule has 0 bridgehead atoms. The predicted octanol–water partition coefficient (Wildman–Crippen LogP) is 12.7. The average Bonchev–Trinajstić information content (AvgIpc) is 3.68. The number of aromatic nitrogens is 1. The molecule has 0 unspecified atom stereocenters. The Kier molecular flexibility index (Phi) is 5.92. The Morgan fingerprint density at radius 3 is 1.96 bits per heavy atom. The van der Waals surface area contributed by atoms with Crippen LogP contribution in [0.5, 0.6) is 0 Å². The third-order valence-electron chi connectivity index (χ3n) is 10.4. The fourth-order valence-electron chi connectivity index (χ4n) is 7.94. The Morgan fingerprint density at radius 1 is 0.510 bits per heavy atom. The van der Waals surface area contributed by atoms with Crippen molar-refractivity contribution < 1.29 is 4.42 Å². The predicted molar refractivity (Wildman–Crippen MR) is 204 cm³/mol. The van der Waals surface area contributed by atoms with Gasteiger partial charge in [-0.05, 0) is 116 Å². The van der Waals surface area contributed by atoms with Gasteiger partial charge in [-0.25, -0.2) is 4.98 Å². The van der Waals surface area contributed by atoms with Crippen LogP contribution in [0.4, 0.5) is 17.1 Å². The summed E-state index contributed by atoms with van der Waals surface area (Å²) < 4.78 is 6.55. The van der Waals surface area contributed by atoms with Gasteiger partial charge in [0.05, 0.1) is 0 Å². The highest BCUT2D eigenvalue weighted by molar-refractivity contribution is 6.18. The number of oxazole rings is 1. The summed E-state index contributed by atoms with van der Waals surface area (Å²) in [5, 5.41) is 7.06. The molecule has 0 radical (unpaired) electrons. The van der Waals surface area contributed by atoms with Crippen LogP contribution >= 0.6 is 0 Å².